The minimum absolute atomic E-state index is 0.0497. The van der Waals surface area contributed by atoms with Gasteiger partial charge >= 0.3 is 0 Å². The third-order valence-electron chi connectivity index (χ3n) is 4.67. The molecular weight excluding hydrogens is 244 g/mol. The van der Waals surface area contributed by atoms with E-state index in [1.54, 1.807) is 0 Å². The Balaban J connectivity index is 2.04. The van der Waals surface area contributed by atoms with Crippen LogP contribution in [0.5, 0.6) is 0 Å². The number of carbonyl (C=O) groups excluding carboxylic acids is 1. The first kappa shape index (κ1) is 13.8. The molecule has 2 rings (SSSR count). The fourth-order valence-electron chi connectivity index (χ4n) is 3.48. The molecule has 0 saturated heterocycles. The number of hydrogen-bond acceptors (Lipinski definition) is 2. The van der Waals surface area contributed by atoms with Crippen molar-refractivity contribution in [1.82, 2.24) is 5.32 Å². The van der Waals surface area contributed by atoms with Gasteiger partial charge in [0, 0.05) is 5.54 Å². The fraction of sp³-hybridized carbons (Fsp3) is 0.857. The zero-order chi connectivity index (χ0) is 13.4. The van der Waals surface area contributed by atoms with Gasteiger partial charge in [-0.25, -0.2) is 0 Å². The van der Waals surface area contributed by atoms with Crippen LogP contribution in [0.25, 0.3) is 0 Å². The molecular formula is C14H24N2OS. The quantitative estimate of drug-likeness (QED) is 0.773. The number of amides is 1. The van der Waals surface area contributed by atoms with Crippen LogP contribution in [0.1, 0.15) is 58.8 Å². The Hall–Kier alpha value is -0.640. The lowest BCUT2D eigenvalue weighted by Crippen LogP contribution is -2.60. The van der Waals surface area contributed by atoms with Crippen LogP contribution in [0.4, 0.5) is 0 Å². The van der Waals surface area contributed by atoms with Crippen molar-refractivity contribution in [1.29, 1.82) is 0 Å². The molecule has 2 fully saturated rings. The summed E-state index contributed by atoms with van der Waals surface area (Å²) in [4.78, 5) is 12.9. The third kappa shape index (κ3) is 2.40. The summed E-state index contributed by atoms with van der Waals surface area (Å²) in [5, 5.41) is 3.23. The van der Waals surface area contributed by atoms with Gasteiger partial charge < -0.3 is 11.1 Å². The molecule has 2 saturated carbocycles. The molecule has 0 heterocycles. The Morgan fingerprint density at radius 1 is 1.28 bits per heavy atom. The molecule has 0 unspecified atom stereocenters. The number of hydrogen-bond donors (Lipinski definition) is 2. The summed E-state index contributed by atoms with van der Waals surface area (Å²) in [6.45, 7) is 4.30. The summed E-state index contributed by atoms with van der Waals surface area (Å²) in [5.41, 5.74) is 5.20. The van der Waals surface area contributed by atoms with Crippen molar-refractivity contribution in [2.24, 2.45) is 17.1 Å². The molecule has 0 bridgehead atoms. The Morgan fingerprint density at radius 3 is 2.28 bits per heavy atom. The third-order valence-corrected chi connectivity index (χ3v) is 5.06. The predicted octanol–water partition coefficient (Wildman–Crippen LogP) is 2.53. The molecule has 0 spiro atoms. The van der Waals surface area contributed by atoms with E-state index in [4.69, 9.17) is 18.0 Å². The van der Waals surface area contributed by atoms with Crippen LogP contribution in [-0.2, 0) is 4.79 Å². The molecule has 18 heavy (non-hydrogen) atoms. The maximum Gasteiger partial charge on any atom is 0.233 e. The van der Waals surface area contributed by atoms with Crippen molar-refractivity contribution in [2.45, 2.75) is 64.3 Å². The van der Waals surface area contributed by atoms with Crippen LogP contribution in [0.2, 0.25) is 0 Å². The highest BCUT2D eigenvalue weighted by molar-refractivity contribution is 7.80. The zero-order valence-electron chi connectivity index (χ0n) is 11.4. The summed E-state index contributed by atoms with van der Waals surface area (Å²) in [6.07, 6.45) is 7.45. The maximum absolute atomic E-state index is 12.5. The number of nitrogens with two attached hydrogens (primary N) is 1. The molecule has 0 aromatic rings. The Morgan fingerprint density at radius 2 is 1.83 bits per heavy atom. The van der Waals surface area contributed by atoms with Crippen LogP contribution in [0, 0.1) is 11.3 Å². The Kier molecular flexibility index (Phi) is 3.67. The van der Waals surface area contributed by atoms with Crippen molar-refractivity contribution >= 4 is 23.1 Å². The molecule has 0 radical (unpaired) electrons. The fourth-order valence-corrected chi connectivity index (χ4v) is 3.74. The van der Waals surface area contributed by atoms with Gasteiger partial charge in [0.2, 0.25) is 5.91 Å². The van der Waals surface area contributed by atoms with Crippen LogP contribution in [0.15, 0.2) is 0 Å². The summed E-state index contributed by atoms with van der Waals surface area (Å²) in [7, 11) is 0. The minimum atomic E-state index is -0.560. The molecule has 102 valence electrons. The highest BCUT2D eigenvalue weighted by Gasteiger charge is 2.52. The largest absolute Gasteiger partial charge is 0.392 e. The average molecular weight is 268 g/mol. The summed E-state index contributed by atoms with van der Waals surface area (Å²) < 4.78 is 0. The lowest BCUT2D eigenvalue weighted by Gasteiger charge is -2.46. The molecule has 2 aliphatic rings. The molecule has 0 aromatic carbocycles. The van der Waals surface area contributed by atoms with E-state index in [0.29, 0.717) is 10.9 Å². The second-order valence-electron chi connectivity index (χ2n) is 6.54. The SMILES string of the molecule is CC1CC(C(=O)NC2(C)CCCCC2)(C(N)=S)C1. The highest BCUT2D eigenvalue weighted by Crippen LogP contribution is 2.46. The van der Waals surface area contributed by atoms with E-state index >= 15 is 0 Å². The molecule has 4 heteroatoms. The predicted molar refractivity (Wildman–Crippen MR) is 77.2 cm³/mol. The van der Waals surface area contributed by atoms with Gasteiger partial charge in [0.15, 0.2) is 0 Å². The first-order chi connectivity index (χ1) is 8.38. The van der Waals surface area contributed by atoms with Gasteiger partial charge in [0.05, 0.1) is 10.4 Å². The van der Waals surface area contributed by atoms with E-state index < -0.39 is 5.41 Å². The lowest BCUT2D eigenvalue weighted by atomic mass is 9.61. The molecule has 0 atom stereocenters. The standard InChI is InChI=1S/C14H24N2OS/c1-10-8-14(9-10,11(15)18)12(17)16-13(2)6-4-3-5-7-13/h10H,3-9H2,1-2H3,(H2,15,18)(H,16,17). The van der Waals surface area contributed by atoms with E-state index in [0.717, 1.165) is 25.7 Å². The van der Waals surface area contributed by atoms with Crippen LogP contribution >= 0.6 is 12.2 Å². The summed E-state index contributed by atoms with van der Waals surface area (Å²) in [5.74, 6) is 0.619. The van der Waals surface area contributed by atoms with Gasteiger partial charge in [-0.2, -0.15) is 0 Å². The molecule has 3 N–H and O–H groups in total. The number of rotatable bonds is 3. The minimum Gasteiger partial charge on any atom is -0.392 e. The van der Waals surface area contributed by atoms with Gasteiger partial charge in [-0.1, -0.05) is 38.4 Å². The van der Waals surface area contributed by atoms with E-state index in [1.807, 2.05) is 0 Å². The average Bonchev–Trinajstić information content (AvgIpc) is 2.24. The van der Waals surface area contributed by atoms with Gasteiger partial charge in [0.1, 0.15) is 0 Å². The molecule has 2 aliphatic carbocycles. The van der Waals surface area contributed by atoms with E-state index in [9.17, 15) is 4.79 Å². The first-order valence-electron chi connectivity index (χ1n) is 7.00. The van der Waals surface area contributed by atoms with Gasteiger partial charge in [-0.3, -0.25) is 4.79 Å². The molecule has 0 aliphatic heterocycles. The van der Waals surface area contributed by atoms with Crippen LogP contribution < -0.4 is 11.1 Å². The van der Waals surface area contributed by atoms with Gasteiger partial charge in [0.25, 0.3) is 0 Å². The van der Waals surface area contributed by atoms with E-state index in [-0.39, 0.29) is 11.4 Å². The zero-order valence-corrected chi connectivity index (χ0v) is 12.2. The highest BCUT2D eigenvalue weighted by atomic mass is 32.1. The van der Waals surface area contributed by atoms with Gasteiger partial charge in [-0.05, 0) is 38.5 Å². The maximum atomic E-state index is 12.5. The number of carbonyl (C=O) groups is 1. The molecule has 0 aromatic heterocycles. The van der Waals surface area contributed by atoms with Crippen molar-refractivity contribution in [3.63, 3.8) is 0 Å². The number of nitrogens with one attached hydrogen (secondary N) is 1. The Bertz CT molecular complexity index is 355. The summed E-state index contributed by atoms with van der Waals surface area (Å²) in [6, 6.07) is 0. The smallest absolute Gasteiger partial charge is 0.233 e. The van der Waals surface area contributed by atoms with Crippen LogP contribution in [0.3, 0.4) is 0 Å². The number of thiocarbonyl (C=S) groups is 1. The molecule has 1 amide bonds. The molecule has 3 nitrogen and oxygen atoms in total. The van der Waals surface area contributed by atoms with E-state index in [1.165, 1.54) is 19.3 Å². The van der Waals surface area contributed by atoms with Gasteiger partial charge in [-0.15, -0.1) is 0 Å². The van der Waals surface area contributed by atoms with Crippen molar-refractivity contribution in [2.75, 3.05) is 0 Å². The lowest BCUT2D eigenvalue weighted by molar-refractivity contribution is -0.135. The second kappa shape index (κ2) is 4.80. The van der Waals surface area contributed by atoms with Crippen molar-refractivity contribution in [3.05, 3.63) is 0 Å². The van der Waals surface area contributed by atoms with Crippen molar-refractivity contribution in [3.8, 4) is 0 Å². The normalized spacial score (nSPS) is 34.4. The summed E-state index contributed by atoms with van der Waals surface area (Å²) >= 11 is 5.13. The second-order valence-corrected chi connectivity index (χ2v) is 6.98. The Labute approximate surface area is 115 Å². The van der Waals surface area contributed by atoms with Crippen LogP contribution in [-0.4, -0.2) is 16.4 Å². The first-order valence-corrected chi connectivity index (χ1v) is 7.41. The van der Waals surface area contributed by atoms with Crippen molar-refractivity contribution < 1.29 is 4.79 Å². The topological polar surface area (TPSA) is 55.1 Å². The van der Waals surface area contributed by atoms with E-state index in [2.05, 4.69) is 19.2 Å². The monoisotopic (exact) mass is 268 g/mol.